The second-order valence-corrected chi connectivity index (χ2v) is 16.5. The van der Waals surface area contributed by atoms with Crippen LogP contribution < -0.4 is 10.6 Å². The highest BCUT2D eigenvalue weighted by atomic mass is 32.1. The van der Waals surface area contributed by atoms with Gasteiger partial charge in [-0.15, -0.1) is 11.3 Å². The van der Waals surface area contributed by atoms with Crippen molar-refractivity contribution in [1.82, 2.24) is 25.4 Å². The number of aliphatic hydroxyl groups is 1. The lowest BCUT2D eigenvalue weighted by molar-refractivity contribution is -0.147. The number of nitrogens with zero attached hydrogens (tertiary/aromatic N) is 3. The Bertz CT molecular complexity index is 1260. The molecule has 0 radical (unpaired) electrons. The van der Waals surface area contributed by atoms with E-state index in [9.17, 15) is 29.4 Å². The Kier molecular flexibility index (Phi) is 19.8. The second kappa shape index (κ2) is 22.6. The van der Waals surface area contributed by atoms with Crippen LogP contribution in [-0.2, 0) is 19.1 Å². The number of thiazole rings is 1. The van der Waals surface area contributed by atoms with Gasteiger partial charge in [-0.05, 0) is 71.8 Å². The first-order valence-corrected chi connectivity index (χ1v) is 20.6. The summed E-state index contributed by atoms with van der Waals surface area (Å²) in [6.07, 6.45) is 7.58. The van der Waals surface area contributed by atoms with E-state index in [0.717, 1.165) is 51.5 Å². The maximum absolute atomic E-state index is 14.8. The number of unbranched alkanes of at least 4 members (excludes halogenated alkanes) is 3. The number of hydrogen-bond acceptors (Lipinski definition) is 9. The highest BCUT2D eigenvalue weighted by Gasteiger charge is 2.39. The molecule has 0 spiro atoms. The molecule has 0 aliphatic carbocycles. The molecule has 1 aliphatic heterocycles. The zero-order valence-corrected chi connectivity index (χ0v) is 34.2. The quantitative estimate of drug-likeness (QED) is 0.0924. The number of likely N-dealkylation sites (tertiary alicyclic amines) is 1. The molecule has 4 N–H and O–H groups in total. The summed E-state index contributed by atoms with van der Waals surface area (Å²) in [5, 5.41) is 27.6. The fourth-order valence-electron chi connectivity index (χ4n) is 7.10. The number of rotatable bonds is 24. The fraction of sp³-hybridized carbons (Fsp3) is 0.821. The third-order valence-corrected chi connectivity index (χ3v) is 11.3. The average Bonchev–Trinajstić information content (AvgIpc) is 3.59. The minimum absolute atomic E-state index is 0.0182. The van der Waals surface area contributed by atoms with Crippen LogP contribution in [0.1, 0.15) is 148 Å². The Morgan fingerprint density at radius 1 is 1.08 bits per heavy atom. The van der Waals surface area contributed by atoms with E-state index in [2.05, 4.69) is 36.4 Å². The van der Waals surface area contributed by atoms with Crippen molar-refractivity contribution in [3.63, 3.8) is 0 Å². The van der Waals surface area contributed by atoms with Crippen LogP contribution in [0.4, 0.5) is 0 Å². The Morgan fingerprint density at radius 2 is 1.79 bits per heavy atom. The summed E-state index contributed by atoms with van der Waals surface area (Å²) in [7, 11) is 0. The number of ether oxygens (including phenoxy) is 1. The number of carboxylic acid groups (broad SMARTS) is 1. The zero-order chi connectivity index (χ0) is 39.0. The molecule has 13 heteroatoms. The molecule has 0 bridgehead atoms. The molecule has 1 aromatic heterocycles. The van der Waals surface area contributed by atoms with Crippen LogP contribution in [0.3, 0.4) is 0 Å². The average molecular weight is 752 g/mol. The van der Waals surface area contributed by atoms with Crippen LogP contribution in [0.15, 0.2) is 5.38 Å². The molecule has 2 rings (SSSR count). The van der Waals surface area contributed by atoms with Crippen molar-refractivity contribution in [3.05, 3.63) is 16.1 Å². The van der Waals surface area contributed by atoms with Gasteiger partial charge < -0.3 is 30.5 Å². The number of aromatic nitrogens is 1. The van der Waals surface area contributed by atoms with Gasteiger partial charge in [-0.2, -0.15) is 0 Å². The molecule has 2 heterocycles. The Morgan fingerprint density at radius 3 is 2.38 bits per heavy atom. The van der Waals surface area contributed by atoms with E-state index in [0.29, 0.717) is 37.5 Å². The summed E-state index contributed by atoms with van der Waals surface area (Å²) in [5.74, 6) is -1.57. The number of carbonyl (C=O) groups is 4. The van der Waals surface area contributed by atoms with Crippen molar-refractivity contribution in [2.24, 2.45) is 17.3 Å². The summed E-state index contributed by atoms with van der Waals surface area (Å²) in [6, 6.07) is -1.67. The van der Waals surface area contributed by atoms with E-state index in [4.69, 9.17) is 4.74 Å². The molecule has 6 atom stereocenters. The number of amides is 3. The third-order valence-electron chi connectivity index (χ3n) is 10.4. The normalized spacial score (nSPS) is 18.3. The summed E-state index contributed by atoms with van der Waals surface area (Å²) < 4.78 is 6.27. The summed E-state index contributed by atoms with van der Waals surface area (Å²) in [5.41, 5.74) is -0.741. The van der Waals surface area contributed by atoms with Gasteiger partial charge in [0, 0.05) is 43.6 Å². The zero-order valence-electron chi connectivity index (χ0n) is 33.4. The number of nitrogens with one attached hydrogen (secondary N) is 2. The molecular weight excluding hydrogens is 683 g/mol. The summed E-state index contributed by atoms with van der Waals surface area (Å²) in [4.78, 5) is 62.1. The maximum Gasteiger partial charge on any atom is 0.309 e. The molecule has 1 fully saturated rings. The predicted molar refractivity (Wildman–Crippen MR) is 206 cm³/mol. The van der Waals surface area contributed by atoms with Gasteiger partial charge in [0.1, 0.15) is 22.8 Å². The molecule has 12 nitrogen and oxygen atoms in total. The highest BCUT2D eigenvalue weighted by Crippen LogP contribution is 2.32. The van der Waals surface area contributed by atoms with Crippen molar-refractivity contribution in [2.75, 3.05) is 32.8 Å². The SMILES string of the molecule is CCCCCCN(C(=O)[C@@H](NC(=O)[C@H]1CCCCN1CCO)[C@@H](C)CC)[C@H](C[C@@H](OCC)c1nc(C(=O)NC(C)CC(C)(C)C(=O)O)cs1)C(C)C. The van der Waals surface area contributed by atoms with Gasteiger partial charge in [0.15, 0.2) is 0 Å². The highest BCUT2D eigenvalue weighted by molar-refractivity contribution is 7.09. The number of aliphatic hydroxyl groups excluding tert-OH is 1. The molecule has 0 aromatic carbocycles. The van der Waals surface area contributed by atoms with E-state index < -0.39 is 23.5 Å². The molecule has 1 saturated heterocycles. The smallest absolute Gasteiger partial charge is 0.309 e. The lowest BCUT2D eigenvalue weighted by atomic mass is 9.86. The van der Waals surface area contributed by atoms with Crippen molar-refractivity contribution in [3.8, 4) is 0 Å². The van der Waals surface area contributed by atoms with Gasteiger partial charge in [-0.1, -0.05) is 66.7 Å². The van der Waals surface area contributed by atoms with Crippen LogP contribution in [0, 0.1) is 17.3 Å². The van der Waals surface area contributed by atoms with Gasteiger partial charge >= 0.3 is 5.97 Å². The van der Waals surface area contributed by atoms with Crippen LogP contribution in [0.2, 0.25) is 0 Å². The molecule has 1 unspecified atom stereocenters. The van der Waals surface area contributed by atoms with Gasteiger partial charge in [-0.25, -0.2) is 4.98 Å². The van der Waals surface area contributed by atoms with Crippen LogP contribution in [0.25, 0.3) is 0 Å². The van der Waals surface area contributed by atoms with E-state index in [1.54, 1.807) is 26.2 Å². The lowest BCUT2D eigenvalue weighted by Crippen LogP contribution is -2.59. The second-order valence-electron chi connectivity index (χ2n) is 15.6. The van der Waals surface area contributed by atoms with Crippen LogP contribution in [-0.4, -0.2) is 106 Å². The van der Waals surface area contributed by atoms with Crippen LogP contribution in [0.5, 0.6) is 0 Å². The molecular formula is C39H69N5O7S. The Hall–Kier alpha value is -2.61. The topological polar surface area (TPSA) is 161 Å². The first kappa shape index (κ1) is 45.5. The molecule has 0 saturated carbocycles. The monoisotopic (exact) mass is 751 g/mol. The van der Waals surface area contributed by atoms with E-state index in [-0.39, 0.29) is 66.4 Å². The van der Waals surface area contributed by atoms with E-state index in [1.165, 1.54) is 11.3 Å². The lowest BCUT2D eigenvalue weighted by Gasteiger charge is -2.40. The third kappa shape index (κ3) is 13.7. The molecule has 1 aromatic rings. The number of hydrogen-bond donors (Lipinski definition) is 4. The van der Waals surface area contributed by atoms with E-state index in [1.807, 2.05) is 30.6 Å². The van der Waals surface area contributed by atoms with Gasteiger partial charge in [0.25, 0.3) is 5.91 Å². The van der Waals surface area contributed by atoms with Gasteiger partial charge in [0.05, 0.1) is 18.1 Å². The summed E-state index contributed by atoms with van der Waals surface area (Å²) in [6.45, 7) is 19.5. The minimum Gasteiger partial charge on any atom is -0.481 e. The Labute approximate surface area is 316 Å². The van der Waals surface area contributed by atoms with E-state index >= 15 is 0 Å². The number of carboxylic acids is 1. The molecule has 298 valence electrons. The minimum atomic E-state index is -0.988. The first-order valence-electron chi connectivity index (χ1n) is 19.7. The van der Waals surface area contributed by atoms with Crippen LogP contribution >= 0.6 is 11.3 Å². The first-order chi connectivity index (χ1) is 24.6. The molecule has 1 aliphatic rings. The predicted octanol–water partition coefficient (Wildman–Crippen LogP) is 6.04. The fourth-order valence-corrected chi connectivity index (χ4v) is 7.96. The number of carbonyl (C=O) groups excluding carboxylic acids is 3. The number of β-amino-alcohol motifs (C(OH)–C–C–N with tert-alkyl or cyclic N) is 1. The number of piperidine rings is 1. The molecule has 52 heavy (non-hydrogen) atoms. The maximum atomic E-state index is 14.8. The van der Waals surface area contributed by atoms with Gasteiger partial charge in [0.2, 0.25) is 11.8 Å². The summed E-state index contributed by atoms with van der Waals surface area (Å²) >= 11 is 1.34. The largest absolute Gasteiger partial charge is 0.481 e. The van der Waals surface area contributed by atoms with Gasteiger partial charge in [-0.3, -0.25) is 24.1 Å². The van der Waals surface area contributed by atoms with Crippen molar-refractivity contribution in [1.29, 1.82) is 0 Å². The Balaban J connectivity index is 2.39. The molecule has 3 amide bonds. The van der Waals surface area contributed by atoms with Crippen molar-refractivity contribution < 1.29 is 34.1 Å². The van der Waals surface area contributed by atoms with Crippen molar-refractivity contribution in [2.45, 2.75) is 157 Å². The standard InChI is InChI=1S/C39H69N5O7S/c1-10-13-14-16-20-44(37(48)33(27(6)11-2)42-35(47)30-18-15-17-19-43(30)21-22-45)31(26(4)5)23-32(51-12-3)36-41-29(25-52-36)34(46)40-28(7)24-39(8,9)38(49)50/h25-28,30-33,45H,10-24H2,1-9H3,(H,40,46)(H,42,47)(H,49,50)/t27-,28?,30+,31+,32+,33-/m0/s1. The number of aliphatic carboxylic acids is 1. The van der Waals surface area contributed by atoms with Crippen molar-refractivity contribution >= 4 is 35.0 Å².